The van der Waals surface area contributed by atoms with E-state index in [-0.39, 0.29) is 23.6 Å². The molecule has 172 valence electrons. The van der Waals surface area contributed by atoms with E-state index in [1.807, 2.05) is 44.4 Å². The van der Waals surface area contributed by atoms with E-state index in [0.717, 1.165) is 33.7 Å². The van der Waals surface area contributed by atoms with E-state index in [0.29, 0.717) is 18.9 Å². The van der Waals surface area contributed by atoms with Gasteiger partial charge in [-0.2, -0.15) is 0 Å². The number of hydrogen-bond donors (Lipinski definition) is 1. The van der Waals surface area contributed by atoms with Gasteiger partial charge in [0, 0.05) is 35.4 Å². The van der Waals surface area contributed by atoms with Crippen LogP contribution in [-0.2, 0) is 9.53 Å². The third-order valence-electron chi connectivity index (χ3n) is 5.96. The summed E-state index contributed by atoms with van der Waals surface area (Å²) in [5.41, 5.74) is 2.68. The van der Waals surface area contributed by atoms with Crippen molar-refractivity contribution < 1.29 is 19.1 Å². The minimum absolute atomic E-state index is 0.0900. The number of hydrogen-bond acceptors (Lipinski definition) is 6. The molecule has 1 unspecified atom stereocenters. The molecule has 0 spiro atoms. The second-order valence-electron chi connectivity index (χ2n) is 8.78. The van der Waals surface area contributed by atoms with Crippen LogP contribution < -0.4 is 10.1 Å². The Bertz CT molecular complexity index is 961. The van der Waals surface area contributed by atoms with E-state index in [1.54, 1.807) is 32.5 Å². The zero-order chi connectivity index (χ0) is 23.5. The summed E-state index contributed by atoms with van der Waals surface area (Å²) >= 11 is 1.67. The predicted octanol–water partition coefficient (Wildman–Crippen LogP) is 4.93. The number of aryl methyl sites for hydroxylation is 2. The summed E-state index contributed by atoms with van der Waals surface area (Å²) in [4.78, 5) is 26.7. The highest BCUT2D eigenvalue weighted by atomic mass is 32.2. The van der Waals surface area contributed by atoms with Crippen LogP contribution in [0.1, 0.15) is 53.7 Å². The molecule has 6 heteroatoms. The van der Waals surface area contributed by atoms with Gasteiger partial charge in [-0.15, -0.1) is 11.8 Å². The molecular weight excluding hydrogens is 422 g/mol. The van der Waals surface area contributed by atoms with Gasteiger partial charge < -0.3 is 14.8 Å². The average Bonchev–Trinajstić information content (AvgIpc) is 3.26. The van der Waals surface area contributed by atoms with Crippen molar-refractivity contribution in [1.29, 1.82) is 0 Å². The first kappa shape index (κ1) is 24.3. The second-order valence-corrected chi connectivity index (χ2v) is 9.66. The van der Waals surface area contributed by atoms with Gasteiger partial charge in [-0.3, -0.25) is 4.79 Å². The van der Waals surface area contributed by atoms with Crippen LogP contribution in [-0.4, -0.2) is 43.3 Å². The third kappa shape index (κ3) is 5.18. The van der Waals surface area contributed by atoms with Crippen LogP contribution in [0.2, 0.25) is 0 Å². The lowest BCUT2D eigenvalue weighted by atomic mass is 9.82. The van der Waals surface area contributed by atoms with Crippen molar-refractivity contribution in [3.63, 3.8) is 0 Å². The third-order valence-corrected chi connectivity index (χ3v) is 6.70. The number of benzene rings is 2. The maximum absolute atomic E-state index is 13.3. The van der Waals surface area contributed by atoms with Crippen molar-refractivity contribution >= 4 is 23.5 Å². The topological polar surface area (TPSA) is 64.6 Å². The molecule has 1 aliphatic rings. The molecule has 0 amide bonds. The maximum Gasteiger partial charge on any atom is 0.349 e. The molecule has 3 rings (SSSR count). The Morgan fingerprint density at radius 3 is 2.28 bits per heavy atom. The smallest absolute Gasteiger partial charge is 0.349 e. The highest BCUT2D eigenvalue weighted by molar-refractivity contribution is 7.98. The largest absolute Gasteiger partial charge is 0.476 e. The summed E-state index contributed by atoms with van der Waals surface area (Å²) in [6.07, 6.45) is 2.03. The van der Waals surface area contributed by atoms with Crippen LogP contribution in [0, 0.1) is 19.8 Å². The number of nitrogens with one attached hydrogen (secondary N) is 1. The first-order valence-electron chi connectivity index (χ1n) is 11.0. The van der Waals surface area contributed by atoms with Gasteiger partial charge in [-0.25, -0.2) is 4.79 Å². The molecule has 0 radical (unpaired) electrons. The fourth-order valence-corrected chi connectivity index (χ4v) is 4.64. The molecule has 1 N–H and O–H groups in total. The molecule has 1 fully saturated rings. The number of Topliss-reactive ketones (excluding diaryl/α,β-unsaturated/α-hetero) is 1. The van der Waals surface area contributed by atoms with E-state index >= 15 is 0 Å². The molecule has 0 bridgehead atoms. The Labute approximate surface area is 195 Å². The van der Waals surface area contributed by atoms with Gasteiger partial charge in [-0.1, -0.05) is 24.3 Å². The van der Waals surface area contributed by atoms with Gasteiger partial charge in [0.05, 0.1) is 6.61 Å². The Balaban J connectivity index is 1.84. The van der Waals surface area contributed by atoms with Gasteiger partial charge >= 0.3 is 5.97 Å². The first-order valence-corrected chi connectivity index (χ1v) is 12.3. The van der Waals surface area contributed by atoms with Gasteiger partial charge in [0.2, 0.25) is 0 Å². The summed E-state index contributed by atoms with van der Waals surface area (Å²) in [6, 6.07) is 12.0. The van der Waals surface area contributed by atoms with Crippen LogP contribution in [0.5, 0.6) is 5.75 Å². The zero-order valence-corrected chi connectivity index (χ0v) is 20.6. The first-order chi connectivity index (χ1) is 15.2. The van der Waals surface area contributed by atoms with Crippen molar-refractivity contribution in [3.8, 4) is 5.75 Å². The van der Waals surface area contributed by atoms with E-state index in [9.17, 15) is 9.59 Å². The minimum Gasteiger partial charge on any atom is -0.476 e. The van der Waals surface area contributed by atoms with E-state index in [1.165, 1.54) is 0 Å². The molecule has 0 aromatic heterocycles. The van der Waals surface area contributed by atoms with Gasteiger partial charge in [0.1, 0.15) is 5.75 Å². The molecular formula is C26H33NO4S. The number of ether oxygens (including phenoxy) is 2. The lowest BCUT2D eigenvalue weighted by Gasteiger charge is -2.27. The van der Waals surface area contributed by atoms with Crippen molar-refractivity contribution in [2.75, 3.05) is 26.0 Å². The molecule has 1 aliphatic heterocycles. The van der Waals surface area contributed by atoms with Crippen molar-refractivity contribution in [1.82, 2.24) is 5.32 Å². The standard InChI is InChI=1S/C26H33NO4S/c1-7-30-25(29)26(4,5)31-24-16(2)12-19(13-17(24)3)21-14-27-15-22(21)23(28)18-8-10-20(32-6)11-9-18/h8-13,21-22,27H,7,14-15H2,1-6H3/t21-,22?/m1/s1. The fraction of sp³-hybridized carbons (Fsp3) is 0.462. The van der Waals surface area contributed by atoms with Crippen LogP contribution in [0.3, 0.4) is 0 Å². The molecule has 32 heavy (non-hydrogen) atoms. The number of thioether (sulfide) groups is 1. The SMILES string of the molecule is CCOC(=O)C(C)(C)Oc1c(C)cc([C@H]2CNCC2C(=O)c2ccc(SC)cc2)cc1C. The Hall–Kier alpha value is -2.31. The number of carbonyl (C=O) groups is 2. The van der Waals surface area contributed by atoms with E-state index in [2.05, 4.69) is 17.4 Å². The van der Waals surface area contributed by atoms with Gasteiger partial charge in [-0.05, 0) is 69.7 Å². The number of esters is 1. The number of ketones is 1. The molecule has 1 heterocycles. The molecule has 2 aromatic rings. The molecule has 1 saturated heterocycles. The predicted molar refractivity (Wildman–Crippen MR) is 129 cm³/mol. The number of carbonyl (C=O) groups excluding carboxylic acids is 2. The van der Waals surface area contributed by atoms with Crippen LogP contribution >= 0.6 is 11.8 Å². The van der Waals surface area contributed by atoms with Crippen LogP contribution in [0.15, 0.2) is 41.3 Å². The second kappa shape index (κ2) is 10.1. The van der Waals surface area contributed by atoms with Crippen molar-refractivity contribution in [2.45, 2.75) is 51.0 Å². The number of rotatable bonds is 8. The Morgan fingerprint density at radius 2 is 1.72 bits per heavy atom. The minimum atomic E-state index is -1.08. The maximum atomic E-state index is 13.3. The van der Waals surface area contributed by atoms with Crippen LogP contribution in [0.25, 0.3) is 0 Å². The summed E-state index contributed by atoms with van der Waals surface area (Å²) < 4.78 is 11.3. The van der Waals surface area contributed by atoms with Crippen molar-refractivity contribution in [2.24, 2.45) is 5.92 Å². The molecule has 5 nitrogen and oxygen atoms in total. The van der Waals surface area contributed by atoms with Gasteiger partial charge in [0.15, 0.2) is 11.4 Å². The highest BCUT2D eigenvalue weighted by Crippen LogP contribution is 2.36. The molecule has 2 atom stereocenters. The van der Waals surface area contributed by atoms with E-state index in [4.69, 9.17) is 9.47 Å². The summed E-state index contributed by atoms with van der Waals surface area (Å²) in [7, 11) is 0. The van der Waals surface area contributed by atoms with Gasteiger partial charge in [0.25, 0.3) is 0 Å². The fourth-order valence-electron chi connectivity index (χ4n) is 4.23. The molecule has 2 aromatic carbocycles. The highest BCUT2D eigenvalue weighted by Gasteiger charge is 2.36. The average molecular weight is 456 g/mol. The Morgan fingerprint density at radius 1 is 1.09 bits per heavy atom. The summed E-state index contributed by atoms with van der Waals surface area (Å²) in [5.74, 6) is 0.449. The summed E-state index contributed by atoms with van der Waals surface area (Å²) in [5, 5.41) is 3.40. The quantitative estimate of drug-likeness (QED) is 0.346. The van der Waals surface area contributed by atoms with Crippen molar-refractivity contribution in [3.05, 3.63) is 58.7 Å². The lowest BCUT2D eigenvalue weighted by molar-refractivity contribution is -0.158. The van der Waals surface area contributed by atoms with Crippen LogP contribution in [0.4, 0.5) is 0 Å². The Kier molecular flexibility index (Phi) is 7.67. The zero-order valence-electron chi connectivity index (χ0n) is 19.8. The molecule has 0 aliphatic carbocycles. The monoisotopic (exact) mass is 455 g/mol. The lowest BCUT2D eigenvalue weighted by Crippen LogP contribution is -2.40. The summed E-state index contributed by atoms with van der Waals surface area (Å²) in [6.45, 7) is 10.9. The van der Waals surface area contributed by atoms with E-state index < -0.39 is 5.60 Å². The normalized spacial score (nSPS) is 18.4. The molecule has 0 saturated carbocycles.